The summed E-state index contributed by atoms with van der Waals surface area (Å²) >= 11 is 0. The van der Waals surface area contributed by atoms with Crippen molar-refractivity contribution in [1.29, 1.82) is 0 Å². The highest BCUT2D eigenvalue weighted by molar-refractivity contribution is 5.08. The van der Waals surface area contributed by atoms with Gasteiger partial charge in [-0.2, -0.15) is 5.10 Å². The van der Waals surface area contributed by atoms with Gasteiger partial charge in [0.1, 0.15) is 0 Å². The van der Waals surface area contributed by atoms with Gasteiger partial charge >= 0.3 is 0 Å². The zero-order chi connectivity index (χ0) is 11.8. The molecule has 0 radical (unpaired) electrons. The fourth-order valence-electron chi connectivity index (χ4n) is 2.08. The van der Waals surface area contributed by atoms with E-state index in [0.29, 0.717) is 24.9 Å². The molecule has 1 aliphatic rings. The first kappa shape index (κ1) is 11.6. The molecular formula is C12H21N3O. The van der Waals surface area contributed by atoms with Gasteiger partial charge in [-0.1, -0.05) is 0 Å². The Balaban J connectivity index is 2.06. The topological polar surface area (TPSA) is 64.1 Å². The van der Waals surface area contributed by atoms with E-state index in [1.54, 1.807) is 0 Å². The van der Waals surface area contributed by atoms with Gasteiger partial charge in [0, 0.05) is 25.2 Å². The lowest BCUT2D eigenvalue weighted by Crippen LogP contribution is -2.42. The summed E-state index contributed by atoms with van der Waals surface area (Å²) < 4.78 is 1.92. The summed E-state index contributed by atoms with van der Waals surface area (Å²) in [5, 5.41) is 14.8. The van der Waals surface area contributed by atoms with Crippen molar-refractivity contribution in [2.75, 3.05) is 6.54 Å². The van der Waals surface area contributed by atoms with Crippen LogP contribution in [0.1, 0.15) is 38.4 Å². The first-order valence-electron chi connectivity index (χ1n) is 6.01. The van der Waals surface area contributed by atoms with Crippen molar-refractivity contribution < 1.29 is 5.11 Å². The summed E-state index contributed by atoms with van der Waals surface area (Å²) in [6.07, 6.45) is 4.73. The van der Waals surface area contributed by atoms with Crippen molar-refractivity contribution in [2.24, 2.45) is 11.7 Å². The third kappa shape index (κ3) is 2.28. The molecule has 4 heteroatoms. The van der Waals surface area contributed by atoms with Crippen LogP contribution in [-0.2, 0) is 6.42 Å². The molecule has 1 atom stereocenters. The quantitative estimate of drug-likeness (QED) is 0.786. The van der Waals surface area contributed by atoms with E-state index in [4.69, 9.17) is 5.73 Å². The molecule has 1 aromatic heterocycles. The molecule has 2 rings (SSSR count). The lowest BCUT2D eigenvalue weighted by molar-refractivity contribution is 0.0256. The van der Waals surface area contributed by atoms with Crippen molar-refractivity contribution >= 4 is 0 Å². The molecule has 4 nitrogen and oxygen atoms in total. The molecule has 1 aromatic rings. The highest BCUT2D eigenvalue weighted by Gasteiger charge is 2.43. The Kier molecular flexibility index (Phi) is 3.04. The molecule has 1 aliphatic carbocycles. The van der Waals surface area contributed by atoms with Gasteiger partial charge < -0.3 is 10.8 Å². The first-order valence-corrected chi connectivity index (χ1v) is 6.01. The monoisotopic (exact) mass is 223 g/mol. The smallest absolute Gasteiger partial charge is 0.0853 e. The second-order valence-electron chi connectivity index (χ2n) is 5.14. The average Bonchev–Trinajstić information content (AvgIpc) is 3.00. The van der Waals surface area contributed by atoms with E-state index in [2.05, 4.69) is 18.9 Å². The minimum absolute atomic E-state index is 0.326. The molecule has 0 saturated heterocycles. The van der Waals surface area contributed by atoms with Crippen LogP contribution in [0.2, 0.25) is 0 Å². The van der Waals surface area contributed by atoms with E-state index in [0.717, 1.165) is 18.5 Å². The molecular weight excluding hydrogens is 202 g/mol. The Bertz CT molecular complexity index is 357. The minimum atomic E-state index is -0.740. The Hall–Kier alpha value is -0.870. The minimum Gasteiger partial charge on any atom is -0.388 e. The second-order valence-corrected chi connectivity index (χ2v) is 5.14. The highest BCUT2D eigenvalue weighted by Crippen LogP contribution is 2.40. The van der Waals surface area contributed by atoms with E-state index in [1.807, 2.05) is 16.9 Å². The van der Waals surface area contributed by atoms with Crippen molar-refractivity contribution in [3.05, 3.63) is 18.0 Å². The van der Waals surface area contributed by atoms with Crippen LogP contribution in [-0.4, -0.2) is 27.0 Å². The largest absolute Gasteiger partial charge is 0.388 e. The molecule has 0 spiro atoms. The summed E-state index contributed by atoms with van der Waals surface area (Å²) in [7, 11) is 0. The molecule has 0 aliphatic heterocycles. The maximum atomic E-state index is 10.4. The van der Waals surface area contributed by atoms with Gasteiger partial charge in [-0.05, 0) is 38.7 Å². The van der Waals surface area contributed by atoms with Crippen molar-refractivity contribution in [2.45, 2.75) is 44.8 Å². The number of hydrogen-bond acceptors (Lipinski definition) is 3. The lowest BCUT2D eigenvalue weighted by atomic mass is 9.92. The van der Waals surface area contributed by atoms with E-state index in [9.17, 15) is 5.11 Å². The molecule has 1 fully saturated rings. The van der Waals surface area contributed by atoms with Crippen LogP contribution in [0.15, 0.2) is 12.3 Å². The SMILES string of the molecule is CC(C)n1ccc(CC(O)(CN)C2CC2)n1. The molecule has 0 amide bonds. The number of nitrogens with zero attached hydrogens (tertiary/aromatic N) is 2. The molecule has 1 saturated carbocycles. The Labute approximate surface area is 96.5 Å². The predicted molar refractivity (Wildman–Crippen MR) is 63.0 cm³/mol. The van der Waals surface area contributed by atoms with E-state index < -0.39 is 5.60 Å². The summed E-state index contributed by atoms with van der Waals surface area (Å²) in [5.41, 5.74) is 5.88. The van der Waals surface area contributed by atoms with Crippen LogP contribution in [0.25, 0.3) is 0 Å². The third-order valence-corrected chi connectivity index (χ3v) is 3.37. The van der Waals surface area contributed by atoms with Crippen LogP contribution in [0.4, 0.5) is 0 Å². The number of rotatable bonds is 5. The Morgan fingerprint density at radius 1 is 1.62 bits per heavy atom. The number of hydrogen-bond donors (Lipinski definition) is 2. The van der Waals surface area contributed by atoms with Gasteiger partial charge in [0.25, 0.3) is 0 Å². The zero-order valence-corrected chi connectivity index (χ0v) is 10.1. The van der Waals surface area contributed by atoms with Gasteiger partial charge in [-0.25, -0.2) is 0 Å². The first-order chi connectivity index (χ1) is 7.55. The van der Waals surface area contributed by atoms with Crippen molar-refractivity contribution in [1.82, 2.24) is 9.78 Å². The summed E-state index contributed by atoms with van der Waals surface area (Å²) in [5.74, 6) is 0.377. The predicted octanol–water partition coefficient (Wildman–Crippen LogP) is 1.11. The second kappa shape index (κ2) is 4.18. The van der Waals surface area contributed by atoms with E-state index in [1.165, 1.54) is 0 Å². The molecule has 1 heterocycles. The molecule has 1 unspecified atom stereocenters. The molecule has 0 aromatic carbocycles. The van der Waals surface area contributed by atoms with Crippen molar-refractivity contribution in [3.63, 3.8) is 0 Å². The van der Waals surface area contributed by atoms with Crippen LogP contribution in [0, 0.1) is 5.92 Å². The van der Waals surface area contributed by atoms with Crippen LogP contribution >= 0.6 is 0 Å². The van der Waals surface area contributed by atoms with Crippen LogP contribution < -0.4 is 5.73 Å². The average molecular weight is 223 g/mol. The molecule has 3 N–H and O–H groups in total. The molecule has 16 heavy (non-hydrogen) atoms. The van der Waals surface area contributed by atoms with Gasteiger partial charge in [0.15, 0.2) is 0 Å². The Morgan fingerprint density at radius 2 is 2.31 bits per heavy atom. The summed E-state index contributed by atoms with van der Waals surface area (Å²) in [4.78, 5) is 0. The van der Waals surface area contributed by atoms with Crippen LogP contribution in [0.5, 0.6) is 0 Å². The van der Waals surface area contributed by atoms with E-state index >= 15 is 0 Å². The zero-order valence-electron chi connectivity index (χ0n) is 10.1. The van der Waals surface area contributed by atoms with Gasteiger partial charge in [-0.3, -0.25) is 4.68 Å². The van der Waals surface area contributed by atoms with Gasteiger partial charge in [0.05, 0.1) is 11.3 Å². The Morgan fingerprint density at radius 3 is 2.75 bits per heavy atom. The number of aliphatic hydroxyl groups is 1. The molecule has 90 valence electrons. The standard InChI is InChI=1S/C12H21N3O/c1-9(2)15-6-5-11(14-15)7-12(16,8-13)10-3-4-10/h5-6,9-10,16H,3-4,7-8,13H2,1-2H3. The number of nitrogens with two attached hydrogens (primary N) is 1. The lowest BCUT2D eigenvalue weighted by Gasteiger charge is -2.25. The van der Waals surface area contributed by atoms with Gasteiger partial charge in [0.2, 0.25) is 0 Å². The fourth-order valence-corrected chi connectivity index (χ4v) is 2.08. The third-order valence-electron chi connectivity index (χ3n) is 3.37. The fraction of sp³-hybridized carbons (Fsp3) is 0.750. The summed E-state index contributed by atoms with van der Waals surface area (Å²) in [6.45, 7) is 4.51. The molecule has 0 bridgehead atoms. The highest BCUT2D eigenvalue weighted by atomic mass is 16.3. The summed E-state index contributed by atoms with van der Waals surface area (Å²) in [6, 6.07) is 2.34. The normalized spacial score (nSPS) is 20.1. The number of aromatic nitrogens is 2. The maximum absolute atomic E-state index is 10.4. The van der Waals surface area contributed by atoms with Gasteiger partial charge in [-0.15, -0.1) is 0 Å². The van der Waals surface area contributed by atoms with Crippen LogP contribution in [0.3, 0.4) is 0 Å². The maximum Gasteiger partial charge on any atom is 0.0853 e. The van der Waals surface area contributed by atoms with E-state index in [-0.39, 0.29) is 0 Å². The van der Waals surface area contributed by atoms with Crippen molar-refractivity contribution in [3.8, 4) is 0 Å².